The van der Waals surface area contributed by atoms with Crippen LogP contribution in [0.2, 0.25) is 0 Å². The van der Waals surface area contributed by atoms with Crippen LogP contribution >= 0.6 is 11.6 Å². The number of amides is 1. The molecule has 0 aliphatic carbocycles. The van der Waals surface area contributed by atoms with Crippen molar-refractivity contribution < 1.29 is 4.79 Å². The highest BCUT2D eigenvalue weighted by Crippen LogP contribution is 2.26. The van der Waals surface area contributed by atoms with Gasteiger partial charge in [0.25, 0.3) is 5.91 Å². The van der Waals surface area contributed by atoms with E-state index in [9.17, 15) is 4.79 Å². The molecule has 0 radical (unpaired) electrons. The van der Waals surface area contributed by atoms with Crippen molar-refractivity contribution in [3.63, 3.8) is 0 Å². The summed E-state index contributed by atoms with van der Waals surface area (Å²) in [5.41, 5.74) is 1.57. The first-order valence-electron chi connectivity index (χ1n) is 5.93. The van der Waals surface area contributed by atoms with Crippen molar-refractivity contribution in [2.24, 2.45) is 5.92 Å². The van der Waals surface area contributed by atoms with E-state index in [4.69, 9.17) is 11.6 Å². The summed E-state index contributed by atoms with van der Waals surface area (Å²) in [5, 5.41) is 0. The molecular weight excluding hydrogens is 236 g/mol. The summed E-state index contributed by atoms with van der Waals surface area (Å²) in [7, 11) is 0. The number of pyridine rings is 1. The second kappa shape index (κ2) is 5.05. The van der Waals surface area contributed by atoms with E-state index in [0.29, 0.717) is 17.4 Å². The number of hydrogen-bond donors (Lipinski definition) is 0. The van der Waals surface area contributed by atoms with Crippen LogP contribution in [0.15, 0.2) is 18.3 Å². The number of carbonyl (C=O) groups excluding carboxylic acids is 1. The standard InChI is InChI=1S/C13H17ClN2O/c1-9-5-6-16(12(9)7-14)13(17)11-4-3-10(2)15-8-11/h3-4,8-9,12H,5-7H2,1-2H3. The fraction of sp³-hybridized carbons (Fsp3) is 0.538. The third-order valence-corrected chi connectivity index (χ3v) is 3.78. The third-order valence-electron chi connectivity index (χ3n) is 3.46. The molecule has 2 unspecified atom stereocenters. The molecule has 3 nitrogen and oxygen atoms in total. The number of alkyl halides is 1. The van der Waals surface area contributed by atoms with Gasteiger partial charge in [-0.2, -0.15) is 0 Å². The van der Waals surface area contributed by atoms with Crippen molar-refractivity contribution in [2.45, 2.75) is 26.3 Å². The average molecular weight is 253 g/mol. The fourth-order valence-corrected chi connectivity index (χ4v) is 2.73. The summed E-state index contributed by atoms with van der Waals surface area (Å²) in [5.74, 6) is 1.04. The van der Waals surface area contributed by atoms with Gasteiger partial charge in [-0.1, -0.05) is 6.92 Å². The van der Waals surface area contributed by atoms with Crippen molar-refractivity contribution in [3.8, 4) is 0 Å². The lowest BCUT2D eigenvalue weighted by Gasteiger charge is -2.25. The highest BCUT2D eigenvalue weighted by atomic mass is 35.5. The number of carbonyl (C=O) groups is 1. The maximum Gasteiger partial charge on any atom is 0.255 e. The van der Waals surface area contributed by atoms with Crippen molar-refractivity contribution in [2.75, 3.05) is 12.4 Å². The molecule has 0 N–H and O–H groups in total. The Bertz CT molecular complexity index is 404. The summed E-state index contributed by atoms with van der Waals surface area (Å²) in [6.07, 6.45) is 2.67. The van der Waals surface area contributed by atoms with Crippen LogP contribution in [0.25, 0.3) is 0 Å². The number of rotatable bonds is 2. The van der Waals surface area contributed by atoms with Gasteiger partial charge in [-0.3, -0.25) is 9.78 Å². The quantitative estimate of drug-likeness (QED) is 0.758. The van der Waals surface area contributed by atoms with Crippen LogP contribution in [0.4, 0.5) is 0 Å². The first-order chi connectivity index (χ1) is 8.13. The van der Waals surface area contributed by atoms with Gasteiger partial charge in [0.1, 0.15) is 0 Å². The van der Waals surface area contributed by atoms with Crippen LogP contribution in [0.3, 0.4) is 0 Å². The molecule has 2 rings (SSSR count). The maximum atomic E-state index is 12.3. The smallest absolute Gasteiger partial charge is 0.255 e. The van der Waals surface area contributed by atoms with Gasteiger partial charge >= 0.3 is 0 Å². The minimum atomic E-state index is 0.0486. The molecule has 17 heavy (non-hydrogen) atoms. The molecule has 0 aromatic carbocycles. The third kappa shape index (κ3) is 2.44. The molecule has 1 aromatic heterocycles. The predicted molar refractivity (Wildman–Crippen MR) is 68.3 cm³/mol. The number of aromatic nitrogens is 1. The Morgan fingerprint density at radius 3 is 2.94 bits per heavy atom. The van der Waals surface area contributed by atoms with E-state index >= 15 is 0 Å². The lowest BCUT2D eigenvalue weighted by atomic mass is 10.0. The summed E-state index contributed by atoms with van der Waals surface area (Å²) in [6, 6.07) is 3.85. The Morgan fingerprint density at radius 2 is 2.35 bits per heavy atom. The molecule has 1 aliphatic heterocycles. The van der Waals surface area contributed by atoms with E-state index in [-0.39, 0.29) is 11.9 Å². The van der Waals surface area contributed by atoms with Gasteiger partial charge in [-0.05, 0) is 31.4 Å². The molecule has 92 valence electrons. The van der Waals surface area contributed by atoms with E-state index < -0.39 is 0 Å². The van der Waals surface area contributed by atoms with Gasteiger partial charge in [0.2, 0.25) is 0 Å². The Hall–Kier alpha value is -1.09. The Morgan fingerprint density at radius 1 is 1.59 bits per heavy atom. The van der Waals surface area contributed by atoms with Gasteiger partial charge in [0, 0.05) is 30.4 Å². The Labute approximate surface area is 107 Å². The number of nitrogens with zero attached hydrogens (tertiary/aromatic N) is 2. The largest absolute Gasteiger partial charge is 0.334 e. The van der Waals surface area contributed by atoms with Gasteiger partial charge < -0.3 is 4.90 Å². The van der Waals surface area contributed by atoms with Gasteiger partial charge in [0.15, 0.2) is 0 Å². The van der Waals surface area contributed by atoms with Crippen LogP contribution in [-0.2, 0) is 0 Å². The summed E-state index contributed by atoms with van der Waals surface area (Å²) in [6.45, 7) is 4.85. The van der Waals surface area contributed by atoms with Crippen LogP contribution in [0.1, 0.15) is 29.4 Å². The van der Waals surface area contributed by atoms with Crippen LogP contribution in [0.5, 0.6) is 0 Å². The lowest BCUT2D eigenvalue weighted by Crippen LogP contribution is -2.38. The Balaban J connectivity index is 2.17. The molecule has 2 atom stereocenters. The molecule has 1 aromatic rings. The number of aryl methyl sites for hydroxylation is 1. The van der Waals surface area contributed by atoms with Crippen LogP contribution in [0, 0.1) is 12.8 Å². The zero-order valence-corrected chi connectivity index (χ0v) is 10.9. The molecule has 4 heteroatoms. The topological polar surface area (TPSA) is 33.2 Å². The van der Waals surface area contributed by atoms with Crippen molar-refractivity contribution in [1.29, 1.82) is 0 Å². The zero-order valence-electron chi connectivity index (χ0n) is 10.2. The van der Waals surface area contributed by atoms with E-state index in [0.717, 1.165) is 18.7 Å². The maximum absolute atomic E-state index is 12.3. The summed E-state index contributed by atoms with van der Waals surface area (Å²) in [4.78, 5) is 18.3. The minimum Gasteiger partial charge on any atom is -0.334 e. The fourth-order valence-electron chi connectivity index (χ4n) is 2.26. The number of hydrogen-bond acceptors (Lipinski definition) is 2. The monoisotopic (exact) mass is 252 g/mol. The molecule has 1 fully saturated rings. The predicted octanol–water partition coefficient (Wildman–Crippen LogP) is 2.48. The lowest BCUT2D eigenvalue weighted by molar-refractivity contribution is 0.0736. The zero-order chi connectivity index (χ0) is 12.4. The summed E-state index contributed by atoms with van der Waals surface area (Å²) < 4.78 is 0. The number of likely N-dealkylation sites (tertiary alicyclic amines) is 1. The van der Waals surface area contributed by atoms with Crippen LogP contribution in [-0.4, -0.2) is 34.3 Å². The van der Waals surface area contributed by atoms with Crippen LogP contribution < -0.4 is 0 Å². The van der Waals surface area contributed by atoms with Crippen molar-refractivity contribution >= 4 is 17.5 Å². The molecule has 1 amide bonds. The molecule has 2 heterocycles. The highest BCUT2D eigenvalue weighted by Gasteiger charge is 2.34. The highest BCUT2D eigenvalue weighted by molar-refractivity contribution is 6.18. The average Bonchev–Trinajstić information content (AvgIpc) is 2.70. The van der Waals surface area contributed by atoms with Crippen molar-refractivity contribution in [1.82, 2.24) is 9.88 Å². The minimum absolute atomic E-state index is 0.0486. The molecule has 1 aliphatic rings. The summed E-state index contributed by atoms with van der Waals surface area (Å²) >= 11 is 5.94. The molecular formula is C13H17ClN2O. The number of halogens is 1. The second-order valence-electron chi connectivity index (χ2n) is 4.67. The van der Waals surface area contributed by atoms with E-state index in [1.165, 1.54) is 0 Å². The first kappa shape index (κ1) is 12.4. The Kier molecular flexibility index (Phi) is 3.67. The molecule has 0 bridgehead atoms. The van der Waals surface area contributed by atoms with Gasteiger partial charge in [-0.15, -0.1) is 11.6 Å². The van der Waals surface area contributed by atoms with Gasteiger partial charge in [0.05, 0.1) is 5.56 Å². The molecule has 1 saturated heterocycles. The van der Waals surface area contributed by atoms with Gasteiger partial charge in [-0.25, -0.2) is 0 Å². The molecule has 0 spiro atoms. The van der Waals surface area contributed by atoms with Crippen molar-refractivity contribution in [3.05, 3.63) is 29.6 Å². The van der Waals surface area contributed by atoms with E-state index in [2.05, 4.69) is 11.9 Å². The SMILES string of the molecule is Cc1ccc(C(=O)N2CCC(C)C2CCl)cn1. The van der Waals surface area contributed by atoms with E-state index in [1.54, 1.807) is 6.20 Å². The normalized spacial score (nSPS) is 24.1. The van der Waals surface area contributed by atoms with E-state index in [1.807, 2.05) is 24.0 Å². The molecule has 0 saturated carbocycles. The second-order valence-corrected chi connectivity index (χ2v) is 4.98. The first-order valence-corrected chi connectivity index (χ1v) is 6.46.